The summed E-state index contributed by atoms with van der Waals surface area (Å²) in [4.78, 5) is 30.1. The number of nitrogens with one attached hydrogen (secondary N) is 2. The smallest absolute Gasteiger partial charge is 0.321 e. The summed E-state index contributed by atoms with van der Waals surface area (Å²) in [5.74, 6) is -9.39. The van der Waals surface area contributed by atoms with E-state index in [-0.39, 0.29) is 51.8 Å². The second-order valence-corrected chi connectivity index (χ2v) is 10.4. The monoisotopic (exact) mass is 695 g/mol. The van der Waals surface area contributed by atoms with E-state index >= 15 is 4.39 Å². The highest BCUT2D eigenvalue weighted by Gasteiger charge is 2.81. The third-order valence-corrected chi connectivity index (χ3v) is 7.27. The molecule has 0 radical (unpaired) electrons. The van der Waals surface area contributed by atoms with Gasteiger partial charge in [0.1, 0.15) is 18.5 Å². The van der Waals surface area contributed by atoms with Gasteiger partial charge in [-0.25, -0.2) is 18.4 Å². The molecule has 0 saturated heterocycles. The highest BCUT2D eigenvalue weighted by Crippen LogP contribution is 2.58. The van der Waals surface area contributed by atoms with Gasteiger partial charge in [-0.3, -0.25) is 9.59 Å². The van der Waals surface area contributed by atoms with Crippen molar-refractivity contribution in [2.45, 2.75) is 44.2 Å². The second-order valence-electron chi connectivity index (χ2n) is 10.0. The van der Waals surface area contributed by atoms with Gasteiger partial charge in [-0.2, -0.15) is 40.2 Å². The molecule has 0 saturated carbocycles. The van der Waals surface area contributed by atoms with E-state index in [1.165, 1.54) is 30.1 Å². The third-order valence-electron chi connectivity index (χ3n) is 6.96. The maximum Gasteiger partial charge on any atom is 0.457 e. The Kier molecular flexibility index (Phi) is 9.36. The fourth-order valence-corrected chi connectivity index (χ4v) is 4.85. The van der Waals surface area contributed by atoms with Crippen LogP contribution in [-0.4, -0.2) is 44.9 Å². The molecule has 1 aromatic heterocycles. The molecule has 2 amide bonds. The molecular formula is C29H20ClF10N5O2. The second kappa shape index (κ2) is 12.5. The summed E-state index contributed by atoms with van der Waals surface area (Å²) in [6, 6.07) is 7.02. The number of halogens is 11. The third kappa shape index (κ3) is 6.48. The lowest BCUT2D eigenvalue weighted by atomic mass is 9.85. The standard InChI is InChI=1S/C29H20ClF10N5O2/c1-3-15-9-17(26(32,28(35,36)37)27(33,34)29(38,39)40)8-14(2)23(15)44-24(46)16-4-7-22(45-13-41-12-42-45)21(10-16)43-25(47)19-6-5-18(31)11-20(19)30/h4-13H,3H2,1-2H3,(H,43,47)(H,44,46). The molecule has 47 heavy (non-hydrogen) atoms. The van der Waals surface area contributed by atoms with Crippen molar-refractivity contribution in [3.8, 4) is 5.69 Å². The van der Waals surface area contributed by atoms with Gasteiger partial charge < -0.3 is 10.6 Å². The summed E-state index contributed by atoms with van der Waals surface area (Å²) in [5.41, 5.74) is -9.53. The number of carbonyl (C=O) groups is 2. The van der Waals surface area contributed by atoms with Gasteiger partial charge in [0, 0.05) is 16.8 Å². The first-order valence-corrected chi connectivity index (χ1v) is 13.5. The van der Waals surface area contributed by atoms with E-state index in [0.29, 0.717) is 0 Å². The fraction of sp³-hybridized carbons (Fsp3) is 0.241. The number of anilines is 2. The van der Waals surface area contributed by atoms with Gasteiger partial charge in [0.25, 0.3) is 11.8 Å². The maximum atomic E-state index is 15.2. The predicted octanol–water partition coefficient (Wildman–Crippen LogP) is 8.36. The van der Waals surface area contributed by atoms with Crippen molar-refractivity contribution in [2.75, 3.05) is 10.6 Å². The molecular weight excluding hydrogens is 676 g/mol. The Balaban J connectivity index is 1.74. The molecule has 3 aromatic carbocycles. The Bertz CT molecular complexity index is 1830. The van der Waals surface area contributed by atoms with Gasteiger partial charge in [-0.15, -0.1) is 0 Å². The minimum absolute atomic E-state index is 0.0573. The molecule has 0 aliphatic heterocycles. The van der Waals surface area contributed by atoms with Crippen molar-refractivity contribution < 1.29 is 53.5 Å². The summed E-state index contributed by atoms with van der Waals surface area (Å²) >= 11 is 5.98. The van der Waals surface area contributed by atoms with Crippen molar-refractivity contribution in [3.05, 3.63) is 99.8 Å². The lowest BCUT2D eigenvalue weighted by Gasteiger charge is -2.36. The molecule has 4 rings (SSSR count). The lowest BCUT2D eigenvalue weighted by molar-refractivity contribution is -0.389. The zero-order chi connectivity index (χ0) is 35.1. The molecule has 18 heteroatoms. The van der Waals surface area contributed by atoms with E-state index in [4.69, 9.17) is 11.6 Å². The van der Waals surface area contributed by atoms with Crippen LogP contribution in [0, 0.1) is 12.7 Å². The Morgan fingerprint density at radius 2 is 1.55 bits per heavy atom. The van der Waals surface area contributed by atoms with E-state index in [1.54, 1.807) is 0 Å². The molecule has 1 atom stereocenters. The molecule has 1 heterocycles. The Labute approximate surface area is 263 Å². The topological polar surface area (TPSA) is 88.9 Å². The number of nitrogens with zero attached hydrogens (tertiary/aromatic N) is 3. The molecule has 7 nitrogen and oxygen atoms in total. The number of amides is 2. The van der Waals surface area contributed by atoms with Crippen LogP contribution in [0.5, 0.6) is 0 Å². The number of hydrogen-bond acceptors (Lipinski definition) is 4. The van der Waals surface area contributed by atoms with Crippen molar-refractivity contribution in [2.24, 2.45) is 0 Å². The normalized spacial score (nSPS) is 13.6. The Hall–Kier alpha value is -4.67. The van der Waals surface area contributed by atoms with Gasteiger partial charge >= 0.3 is 23.9 Å². The van der Waals surface area contributed by atoms with E-state index in [2.05, 4.69) is 20.7 Å². The molecule has 0 spiro atoms. The number of carbonyl (C=O) groups excluding carboxylic acids is 2. The van der Waals surface area contributed by atoms with Crippen LogP contribution >= 0.6 is 11.6 Å². The average Bonchev–Trinajstić information content (AvgIpc) is 3.51. The Morgan fingerprint density at radius 1 is 0.872 bits per heavy atom. The summed E-state index contributed by atoms with van der Waals surface area (Å²) in [6.07, 6.45) is -11.5. The quantitative estimate of drug-likeness (QED) is 0.181. The minimum Gasteiger partial charge on any atom is -0.321 e. The first kappa shape index (κ1) is 35.2. The van der Waals surface area contributed by atoms with Crippen molar-refractivity contribution in [1.82, 2.24) is 14.8 Å². The molecule has 0 fully saturated rings. The van der Waals surface area contributed by atoms with Gasteiger partial charge in [-0.05, 0) is 66.9 Å². The van der Waals surface area contributed by atoms with Gasteiger partial charge in [-0.1, -0.05) is 24.6 Å². The van der Waals surface area contributed by atoms with E-state index < -0.39 is 58.3 Å². The van der Waals surface area contributed by atoms with E-state index in [1.807, 2.05) is 0 Å². The van der Waals surface area contributed by atoms with Crippen molar-refractivity contribution in [3.63, 3.8) is 0 Å². The van der Waals surface area contributed by atoms with Crippen LogP contribution in [-0.2, 0) is 12.1 Å². The highest BCUT2D eigenvalue weighted by atomic mass is 35.5. The summed E-state index contributed by atoms with van der Waals surface area (Å²) < 4.78 is 138. The fourth-order valence-electron chi connectivity index (χ4n) is 4.59. The molecule has 0 bridgehead atoms. The minimum atomic E-state index is -6.90. The summed E-state index contributed by atoms with van der Waals surface area (Å²) in [7, 11) is 0. The highest BCUT2D eigenvalue weighted by molar-refractivity contribution is 6.34. The van der Waals surface area contributed by atoms with Gasteiger partial charge in [0.15, 0.2) is 0 Å². The first-order chi connectivity index (χ1) is 21.7. The largest absolute Gasteiger partial charge is 0.457 e. The Morgan fingerprint density at radius 3 is 2.11 bits per heavy atom. The van der Waals surface area contributed by atoms with Crippen LogP contribution < -0.4 is 10.6 Å². The van der Waals surface area contributed by atoms with Crippen molar-refractivity contribution in [1.29, 1.82) is 0 Å². The van der Waals surface area contributed by atoms with Crippen LogP contribution in [0.15, 0.2) is 61.2 Å². The zero-order valence-corrected chi connectivity index (χ0v) is 24.6. The molecule has 0 aliphatic rings. The molecule has 1 unspecified atom stereocenters. The number of aryl methyl sites for hydroxylation is 2. The first-order valence-electron chi connectivity index (χ1n) is 13.1. The number of rotatable bonds is 8. The number of hydrogen-bond donors (Lipinski definition) is 2. The summed E-state index contributed by atoms with van der Waals surface area (Å²) in [5, 5.41) is 8.58. The SMILES string of the molecule is CCc1cc(C(F)(C(F)(F)F)C(F)(F)C(F)(F)F)cc(C)c1NC(=O)c1ccc(-n2cncn2)c(NC(=O)c2ccc(F)cc2Cl)c1. The number of alkyl halides is 9. The number of aromatic nitrogens is 3. The van der Waals surface area contributed by atoms with Crippen LogP contribution in [0.3, 0.4) is 0 Å². The predicted molar refractivity (Wildman–Crippen MR) is 149 cm³/mol. The molecule has 250 valence electrons. The van der Waals surface area contributed by atoms with Crippen LogP contribution in [0.2, 0.25) is 5.02 Å². The van der Waals surface area contributed by atoms with Crippen LogP contribution in [0.4, 0.5) is 55.3 Å². The molecule has 2 N–H and O–H groups in total. The van der Waals surface area contributed by atoms with Crippen LogP contribution in [0.1, 0.15) is 44.3 Å². The zero-order valence-electron chi connectivity index (χ0n) is 23.8. The van der Waals surface area contributed by atoms with Gasteiger partial charge in [0.05, 0.1) is 22.0 Å². The average molecular weight is 696 g/mol. The number of benzene rings is 3. The van der Waals surface area contributed by atoms with Crippen molar-refractivity contribution >= 4 is 34.8 Å². The van der Waals surface area contributed by atoms with E-state index in [0.717, 1.165) is 37.5 Å². The maximum absolute atomic E-state index is 15.2. The lowest BCUT2D eigenvalue weighted by Crippen LogP contribution is -2.59. The van der Waals surface area contributed by atoms with E-state index in [9.17, 15) is 49.1 Å². The molecule has 4 aromatic rings. The van der Waals surface area contributed by atoms with Gasteiger partial charge in [0.2, 0.25) is 0 Å². The molecule has 0 aliphatic carbocycles. The van der Waals surface area contributed by atoms with Crippen LogP contribution in [0.25, 0.3) is 5.69 Å². The summed E-state index contributed by atoms with van der Waals surface area (Å²) in [6.45, 7) is 2.26.